The molecule has 0 aliphatic heterocycles. The third-order valence-electron chi connectivity index (χ3n) is 5.43. The molecule has 2 rings (SSSR count). The number of carbonyl (C=O) groups excluding carboxylic acids is 1. The average molecular weight is 347 g/mol. The molecule has 0 bridgehead atoms. The predicted molar refractivity (Wildman–Crippen MR) is 102 cm³/mol. The minimum Gasteiger partial charge on any atom is -0.370 e. The van der Waals surface area contributed by atoms with Crippen LogP contribution in [0.2, 0.25) is 0 Å². The number of benzene rings is 1. The standard InChI is InChI=1S/C21H34N2O2/c1-15(2)18-10-9-16(3)13-19(18)21(24)23-14-20(25-12-11-22)17-7-5-4-6-8-17/h4-8,15-16,18-20H,9-14,22H2,1-3H3,(H,23,24)/t16-,18+,19+,20+/m0/s1. The maximum absolute atomic E-state index is 12.9. The zero-order valence-electron chi connectivity index (χ0n) is 15.9. The Labute approximate surface area is 152 Å². The summed E-state index contributed by atoms with van der Waals surface area (Å²) in [5.41, 5.74) is 6.66. The second-order valence-corrected chi connectivity index (χ2v) is 7.74. The minimum atomic E-state index is -0.146. The highest BCUT2D eigenvalue weighted by Crippen LogP contribution is 2.38. The van der Waals surface area contributed by atoms with Crippen LogP contribution >= 0.6 is 0 Å². The van der Waals surface area contributed by atoms with E-state index in [0.717, 1.165) is 18.4 Å². The Kier molecular flexibility index (Phi) is 7.91. The lowest BCUT2D eigenvalue weighted by atomic mass is 9.70. The number of ether oxygens (including phenoxy) is 1. The van der Waals surface area contributed by atoms with Crippen molar-refractivity contribution in [2.24, 2.45) is 29.4 Å². The Morgan fingerprint density at radius 3 is 2.64 bits per heavy atom. The van der Waals surface area contributed by atoms with E-state index in [-0.39, 0.29) is 17.9 Å². The number of rotatable bonds is 8. The van der Waals surface area contributed by atoms with Crippen LogP contribution in [0.25, 0.3) is 0 Å². The first kappa shape index (κ1) is 19.9. The zero-order valence-corrected chi connectivity index (χ0v) is 15.9. The highest BCUT2D eigenvalue weighted by Gasteiger charge is 2.35. The number of nitrogens with one attached hydrogen (secondary N) is 1. The summed E-state index contributed by atoms with van der Waals surface area (Å²) in [4.78, 5) is 12.9. The van der Waals surface area contributed by atoms with Gasteiger partial charge < -0.3 is 15.8 Å². The summed E-state index contributed by atoms with van der Waals surface area (Å²) in [6.45, 7) is 8.19. The Hall–Kier alpha value is -1.39. The van der Waals surface area contributed by atoms with Crippen LogP contribution in [0.5, 0.6) is 0 Å². The molecular formula is C21H34N2O2. The first-order valence-electron chi connectivity index (χ1n) is 9.67. The van der Waals surface area contributed by atoms with E-state index in [1.165, 1.54) is 6.42 Å². The molecule has 0 spiro atoms. The van der Waals surface area contributed by atoms with E-state index in [4.69, 9.17) is 10.5 Å². The molecule has 1 saturated carbocycles. The summed E-state index contributed by atoms with van der Waals surface area (Å²) < 4.78 is 5.87. The van der Waals surface area contributed by atoms with Crippen molar-refractivity contribution in [2.45, 2.75) is 46.1 Å². The number of amides is 1. The van der Waals surface area contributed by atoms with Crippen molar-refractivity contribution in [3.05, 3.63) is 35.9 Å². The number of carbonyl (C=O) groups is 1. The maximum Gasteiger partial charge on any atom is 0.223 e. The molecule has 1 aliphatic rings. The molecule has 0 radical (unpaired) electrons. The number of hydrogen-bond acceptors (Lipinski definition) is 3. The van der Waals surface area contributed by atoms with E-state index in [2.05, 4.69) is 26.1 Å². The van der Waals surface area contributed by atoms with Gasteiger partial charge >= 0.3 is 0 Å². The summed E-state index contributed by atoms with van der Waals surface area (Å²) in [7, 11) is 0. The Morgan fingerprint density at radius 1 is 1.28 bits per heavy atom. The molecule has 4 atom stereocenters. The lowest BCUT2D eigenvalue weighted by Crippen LogP contribution is -2.41. The SMILES string of the molecule is CC(C)[C@H]1CC[C@H](C)C[C@H]1C(=O)NC[C@@H](OCCN)c1ccccc1. The molecule has 3 N–H and O–H groups in total. The molecule has 4 heteroatoms. The molecule has 1 aromatic rings. The van der Waals surface area contributed by atoms with E-state index in [1.807, 2.05) is 30.3 Å². The van der Waals surface area contributed by atoms with Gasteiger partial charge in [0, 0.05) is 19.0 Å². The van der Waals surface area contributed by atoms with Crippen molar-refractivity contribution in [1.29, 1.82) is 0 Å². The van der Waals surface area contributed by atoms with Gasteiger partial charge in [-0.1, -0.05) is 57.5 Å². The van der Waals surface area contributed by atoms with Gasteiger partial charge in [0.2, 0.25) is 5.91 Å². The van der Waals surface area contributed by atoms with Crippen molar-refractivity contribution in [2.75, 3.05) is 19.7 Å². The van der Waals surface area contributed by atoms with Crippen molar-refractivity contribution in [3.63, 3.8) is 0 Å². The van der Waals surface area contributed by atoms with Crippen LogP contribution in [-0.2, 0) is 9.53 Å². The normalized spacial score (nSPS) is 24.9. The largest absolute Gasteiger partial charge is 0.370 e. The van der Waals surface area contributed by atoms with Crippen molar-refractivity contribution in [1.82, 2.24) is 5.32 Å². The molecule has 1 fully saturated rings. The van der Waals surface area contributed by atoms with Crippen LogP contribution in [0.1, 0.15) is 51.7 Å². The Morgan fingerprint density at radius 2 is 2.00 bits per heavy atom. The molecule has 1 aliphatic carbocycles. The summed E-state index contributed by atoms with van der Waals surface area (Å²) in [5, 5.41) is 3.16. The van der Waals surface area contributed by atoms with Gasteiger partial charge in [-0.05, 0) is 36.2 Å². The Balaban J connectivity index is 1.99. The molecule has 140 valence electrons. The van der Waals surface area contributed by atoms with Gasteiger partial charge in [0.25, 0.3) is 0 Å². The van der Waals surface area contributed by atoms with Crippen molar-refractivity contribution >= 4 is 5.91 Å². The van der Waals surface area contributed by atoms with Crippen LogP contribution in [0.4, 0.5) is 0 Å². The van der Waals surface area contributed by atoms with Crippen LogP contribution in [0.15, 0.2) is 30.3 Å². The fourth-order valence-corrected chi connectivity index (χ4v) is 3.98. The first-order valence-corrected chi connectivity index (χ1v) is 9.67. The highest BCUT2D eigenvalue weighted by molar-refractivity contribution is 5.79. The van der Waals surface area contributed by atoms with E-state index >= 15 is 0 Å². The molecule has 0 unspecified atom stereocenters. The van der Waals surface area contributed by atoms with E-state index < -0.39 is 0 Å². The van der Waals surface area contributed by atoms with Gasteiger partial charge in [0.15, 0.2) is 0 Å². The lowest BCUT2D eigenvalue weighted by molar-refractivity contribution is -0.130. The average Bonchev–Trinajstić information content (AvgIpc) is 2.62. The van der Waals surface area contributed by atoms with Gasteiger partial charge in [-0.15, -0.1) is 0 Å². The molecule has 1 aromatic carbocycles. The second-order valence-electron chi connectivity index (χ2n) is 7.74. The lowest BCUT2D eigenvalue weighted by Gasteiger charge is -2.36. The van der Waals surface area contributed by atoms with Crippen molar-refractivity contribution in [3.8, 4) is 0 Å². The van der Waals surface area contributed by atoms with Gasteiger partial charge in [0.1, 0.15) is 0 Å². The molecule has 0 aromatic heterocycles. The first-order chi connectivity index (χ1) is 12.0. The van der Waals surface area contributed by atoms with E-state index in [1.54, 1.807) is 0 Å². The summed E-state index contributed by atoms with van der Waals surface area (Å²) in [6, 6.07) is 10.0. The topological polar surface area (TPSA) is 64.3 Å². The number of hydrogen-bond donors (Lipinski definition) is 2. The zero-order chi connectivity index (χ0) is 18.2. The van der Waals surface area contributed by atoms with E-state index in [0.29, 0.717) is 37.5 Å². The monoisotopic (exact) mass is 346 g/mol. The minimum absolute atomic E-state index is 0.120. The van der Waals surface area contributed by atoms with Crippen molar-refractivity contribution < 1.29 is 9.53 Å². The third-order valence-corrected chi connectivity index (χ3v) is 5.43. The van der Waals surface area contributed by atoms with Crippen LogP contribution in [-0.4, -0.2) is 25.6 Å². The quantitative estimate of drug-likeness (QED) is 0.757. The summed E-state index contributed by atoms with van der Waals surface area (Å²) >= 11 is 0. The summed E-state index contributed by atoms with van der Waals surface area (Å²) in [5.74, 6) is 1.96. The molecule has 25 heavy (non-hydrogen) atoms. The fourth-order valence-electron chi connectivity index (χ4n) is 3.98. The smallest absolute Gasteiger partial charge is 0.223 e. The van der Waals surface area contributed by atoms with Crippen LogP contribution in [0.3, 0.4) is 0 Å². The van der Waals surface area contributed by atoms with Gasteiger partial charge in [-0.2, -0.15) is 0 Å². The Bertz CT molecular complexity index is 518. The summed E-state index contributed by atoms with van der Waals surface area (Å²) in [6.07, 6.45) is 3.24. The van der Waals surface area contributed by atoms with Gasteiger partial charge in [-0.25, -0.2) is 0 Å². The van der Waals surface area contributed by atoms with E-state index in [9.17, 15) is 4.79 Å². The van der Waals surface area contributed by atoms with Crippen LogP contribution < -0.4 is 11.1 Å². The van der Waals surface area contributed by atoms with Gasteiger partial charge in [-0.3, -0.25) is 4.79 Å². The molecule has 0 heterocycles. The van der Waals surface area contributed by atoms with Crippen LogP contribution in [0, 0.1) is 23.7 Å². The second kappa shape index (κ2) is 9.93. The molecule has 0 saturated heterocycles. The fraction of sp³-hybridized carbons (Fsp3) is 0.667. The number of nitrogens with two attached hydrogens (primary N) is 1. The molecule has 4 nitrogen and oxygen atoms in total. The maximum atomic E-state index is 12.9. The third kappa shape index (κ3) is 5.82. The molecule has 1 amide bonds. The predicted octanol–water partition coefficient (Wildman–Crippen LogP) is 3.53. The highest BCUT2D eigenvalue weighted by atomic mass is 16.5. The molecular weight excluding hydrogens is 312 g/mol. The van der Waals surface area contributed by atoms with Gasteiger partial charge in [0.05, 0.1) is 12.7 Å².